The van der Waals surface area contributed by atoms with E-state index in [2.05, 4.69) is 25.8 Å². The molecule has 0 aromatic heterocycles. The largest absolute Gasteiger partial charge is 0.355 e. The van der Waals surface area contributed by atoms with E-state index in [9.17, 15) is 4.79 Å². The molecule has 1 saturated heterocycles. The molecular formula is C16H34IN5O. The first-order chi connectivity index (χ1) is 10.4. The molecule has 0 aromatic rings. The van der Waals surface area contributed by atoms with Crippen LogP contribution in [0.5, 0.6) is 0 Å². The Labute approximate surface area is 158 Å². The molecule has 7 heteroatoms. The Balaban J connectivity index is 0.00000484. The number of halogens is 1. The molecule has 1 rings (SSSR count). The Hall–Kier alpha value is -0.570. The van der Waals surface area contributed by atoms with Crippen molar-refractivity contribution in [1.29, 1.82) is 0 Å². The fraction of sp³-hybridized carbons (Fsp3) is 0.875. The van der Waals surface area contributed by atoms with Gasteiger partial charge in [0, 0.05) is 25.7 Å². The lowest BCUT2D eigenvalue weighted by Gasteiger charge is -2.22. The molecule has 1 aliphatic heterocycles. The van der Waals surface area contributed by atoms with Crippen LogP contribution in [0.25, 0.3) is 0 Å². The van der Waals surface area contributed by atoms with Crippen LogP contribution in [0.3, 0.4) is 0 Å². The number of hydrogen-bond acceptors (Lipinski definition) is 3. The van der Waals surface area contributed by atoms with Gasteiger partial charge in [0.25, 0.3) is 0 Å². The lowest BCUT2D eigenvalue weighted by Crippen LogP contribution is -2.49. The number of guanidine groups is 1. The second kappa shape index (κ2) is 11.9. The number of carbonyl (C=O) groups is 1. The van der Waals surface area contributed by atoms with Crippen LogP contribution in [0, 0.1) is 0 Å². The second-order valence-electron chi connectivity index (χ2n) is 6.91. The van der Waals surface area contributed by atoms with Gasteiger partial charge in [0.15, 0.2) is 5.96 Å². The Morgan fingerprint density at radius 3 is 2.22 bits per heavy atom. The minimum Gasteiger partial charge on any atom is -0.355 e. The van der Waals surface area contributed by atoms with Gasteiger partial charge < -0.3 is 20.9 Å². The van der Waals surface area contributed by atoms with Crippen LogP contribution in [-0.2, 0) is 4.79 Å². The van der Waals surface area contributed by atoms with Crippen LogP contribution in [0.2, 0.25) is 0 Å². The number of nitrogens with one attached hydrogen (secondary N) is 3. The fourth-order valence-corrected chi connectivity index (χ4v) is 2.54. The van der Waals surface area contributed by atoms with Gasteiger partial charge in [-0.3, -0.25) is 9.79 Å². The summed E-state index contributed by atoms with van der Waals surface area (Å²) in [5.41, 5.74) is -0.206. The lowest BCUT2D eigenvalue weighted by atomic mass is 10.1. The molecule has 0 unspecified atom stereocenters. The third-order valence-corrected chi connectivity index (χ3v) is 3.57. The topological polar surface area (TPSA) is 68.8 Å². The molecule has 1 aliphatic rings. The number of amides is 1. The van der Waals surface area contributed by atoms with Crippen molar-refractivity contribution in [2.75, 3.05) is 39.8 Å². The summed E-state index contributed by atoms with van der Waals surface area (Å²) in [5, 5.41) is 9.24. The molecule has 23 heavy (non-hydrogen) atoms. The van der Waals surface area contributed by atoms with Crippen molar-refractivity contribution in [1.82, 2.24) is 20.9 Å². The zero-order valence-corrected chi connectivity index (χ0v) is 17.4. The maximum absolute atomic E-state index is 11.8. The first kappa shape index (κ1) is 22.4. The van der Waals surface area contributed by atoms with Gasteiger partial charge in [-0.2, -0.15) is 0 Å². The molecule has 0 aliphatic carbocycles. The van der Waals surface area contributed by atoms with Crippen molar-refractivity contribution in [3.63, 3.8) is 0 Å². The van der Waals surface area contributed by atoms with E-state index in [0.717, 1.165) is 13.1 Å². The molecular weight excluding hydrogens is 405 g/mol. The highest BCUT2D eigenvalue weighted by Gasteiger charge is 2.14. The summed E-state index contributed by atoms with van der Waals surface area (Å²) in [6, 6.07) is 0. The summed E-state index contributed by atoms with van der Waals surface area (Å²) < 4.78 is 0. The van der Waals surface area contributed by atoms with E-state index in [1.807, 2.05) is 20.8 Å². The van der Waals surface area contributed by atoms with E-state index < -0.39 is 0 Å². The molecule has 0 atom stereocenters. The Morgan fingerprint density at radius 1 is 1.09 bits per heavy atom. The average molecular weight is 439 g/mol. The molecule has 1 heterocycles. The maximum atomic E-state index is 11.8. The maximum Gasteiger partial charge on any atom is 0.239 e. The van der Waals surface area contributed by atoms with Crippen molar-refractivity contribution in [3.8, 4) is 0 Å². The van der Waals surface area contributed by atoms with Crippen LogP contribution in [0.15, 0.2) is 4.99 Å². The summed E-state index contributed by atoms with van der Waals surface area (Å²) in [5.74, 6) is 0.654. The molecule has 0 radical (unpaired) electrons. The predicted octanol–water partition coefficient (Wildman–Crippen LogP) is 1.56. The van der Waals surface area contributed by atoms with Gasteiger partial charge in [-0.15, -0.1) is 24.0 Å². The van der Waals surface area contributed by atoms with Gasteiger partial charge in [0.2, 0.25) is 5.91 Å². The minimum atomic E-state index is -0.206. The van der Waals surface area contributed by atoms with Crippen LogP contribution in [0.1, 0.15) is 46.5 Å². The van der Waals surface area contributed by atoms with Gasteiger partial charge in [0.1, 0.15) is 0 Å². The number of rotatable bonds is 5. The molecule has 0 bridgehead atoms. The van der Waals surface area contributed by atoms with Crippen LogP contribution in [0.4, 0.5) is 0 Å². The molecule has 1 fully saturated rings. The molecule has 3 N–H and O–H groups in total. The molecule has 0 aromatic carbocycles. The van der Waals surface area contributed by atoms with Gasteiger partial charge in [0.05, 0.1) is 6.54 Å². The Kier molecular flexibility index (Phi) is 11.6. The van der Waals surface area contributed by atoms with Crippen molar-refractivity contribution in [2.45, 2.75) is 52.0 Å². The van der Waals surface area contributed by atoms with E-state index >= 15 is 0 Å². The molecule has 6 nitrogen and oxygen atoms in total. The lowest BCUT2D eigenvalue weighted by molar-refractivity contribution is -0.121. The average Bonchev–Trinajstić information content (AvgIpc) is 2.69. The van der Waals surface area contributed by atoms with Gasteiger partial charge in [-0.05, 0) is 46.7 Å². The third kappa shape index (κ3) is 11.6. The summed E-state index contributed by atoms with van der Waals surface area (Å²) in [7, 11) is 1.73. The highest BCUT2D eigenvalue weighted by Crippen LogP contribution is 2.08. The van der Waals surface area contributed by atoms with Crippen molar-refractivity contribution >= 4 is 35.8 Å². The Bertz CT molecular complexity index is 360. The first-order valence-electron chi connectivity index (χ1n) is 8.38. The Morgan fingerprint density at radius 2 is 1.70 bits per heavy atom. The zero-order chi connectivity index (χ0) is 16.4. The first-order valence-corrected chi connectivity index (χ1v) is 8.38. The summed E-state index contributed by atoms with van der Waals surface area (Å²) >= 11 is 0. The SMILES string of the molecule is CN=C(NCCN1CCCCCC1)NCC(=O)NC(C)(C)C.I. The van der Waals surface area contributed by atoms with Gasteiger partial charge in [-0.1, -0.05) is 12.8 Å². The van der Waals surface area contributed by atoms with E-state index in [-0.39, 0.29) is 42.0 Å². The van der Waals surface area contributed by atoms with Crippen LogP contribution >= 0.6 is 24.0 Å². The van der Waals surface area contributed by atoms with E-state index in [1.54, 1.807) is 7.05 Å². The predicted molar refractivity (Wildman–Crippen MR) is 108 cm³/mol. The van der Waals surface area contributed by atoms with E-state index in [4.69, 9.17) is 0 Å². The van der Waals surface area contributed by atoms with Crippen LogP contribution < -0.4 is 16.0 Å². The number of likely N-dealkylation sites (tertiary alicyclic amines) is 1. The normalized spacial score (nSPS) is 17.0. The third-order valence-electron chi connectivity index (χ3n) is 3.57. The van der Waals surface area contributed by atoms with Gasteiger partial charge in [-0.25, -0.2) is 0 Å². The van der Waals surface area contributed by atoms with Crippen molar-refractivity contribution < 1.29 is 4.79 Å². The number of carbonyl (C=O) groups excluding carboxylic acids is 1. The van der Waals surface area contributed by atoms with Crippen molar-refractivity contribution in [2.24, 2.45) is 4.99 Å². The van der Waals surface area contributed by atoms with Crippen molar-refractivity contribution in [3.05, 3.63) is 0 Å². The summed E-state index contributed by atoms with van der Waals surface area (Å²) in [6.07, 6.45) is 5.33. The molecule has 1 amide bonds. The van der Waals surface area contributed by atoms with Crippen LogP contribution in [-0.4, -0.2) is 62.1 Å². The van der Waals surface area contributed by atoms with E-state index in [0.29, 0.717) is 5.96 Å². The number of nitrogens with zero attached hydrogens (tertiary/aromatic N) is 2. The highest BCUT2D eigenvalue weighted by molar-refractivity contribution is 14.0. The van der Waals surface area contributed by atoms with E-state index in [1.165, 1.54) is 38.8 Å². The molecule has 0 saturated carbocycles. The summed E-state index contributed by atoms with van der Waals surface area (Å²) in [4.78, 5) is 18.4. The highest BCUT2D eigenvalue weighted by atomic mass is 127. The number of aliphatic imine (C=N–C) groups is 1. The standard InChI is InChI=1S/C16H33N5O.HI/c1-16(2,3)20-14(22)13-19-15(17-4)18-9-12-21-10-7-5-6-8-11-21;/h5-13H2,1-4H3,(H,20,22)(H2,17,18,19);1H. The quantitative estimate of drug-likeness (QED) is 0.346. The minimum absolute atomic E-state index is 0. The monoisotopic (exact) mass is 439 g/mol. The zero-order valence-electron chi connectivity index (χ0n) is 15.1. The smallest absolute Gasteiger partial charge is 0.239 e. The molecule has 0 spiro atoms. The van der Waals surface area contributed by atoms with Gasteiger partial charge >= 0.3 is 0 Å². The summed E-state index contributed by atoms with van der Waals surface area (Å²) in [6.45, 7) is 10.4. The molecule has 136 valence electrons. The number of hydrogen-bond donors (Lipinski definition) is 3. The second-order valence-corrected chi connectivity index (χ2v) is 6.91. The fourth-order valence-electron chi connectivity index (χ4n) is 2.54.